The van der Waals surface area contributed by atoms with Crippen molar-refractivity contribution in [1.82, 2.24) is 0 Å². The highest BCUT2D eigenvalue weighted by molar-refractivity contribution is 6.02. The molecular formula is C74H60N2. The van der Waals surface area contributed by atoms with Gasteiger partial charge in [0.15, 0.2) is 0 Å². The van der Waals surface area contributed by atoms with Gasteiger partial charge in [-0.25, -0.2) is 0 Å². The van der Waals surface area contributed by atoms with Gasteiger partial charge in [0.2, 0.25) is 0 Å². The van der Waals surface area contributed by atoms with Gasteiger partial charge in [-0.2, -0.15) is 0 Å². The molecule has 0 amide bonds. The van der Waals surface area contributed by atoms with E-state index in [4.69, 9.17) is 0 Å². The highest BCUT2D eigenvalue weighted by Gasteiger charge is 2.48. The van der Waals surface area contributed by atoms with Gasteiger partial charge in [0, 0.05) is 21.7 Å². The van der Waals surface area contributed by atoms with Crippen molar-refractivity contribution in [2.24, 2.45) is 0 Å². The summed E-state index contributed by atoms with van der Waals surface area (Å²) in [5, 5.41) is 5.07. The summed E-state index contributed by atoms with van der Waals surface area (Å²) >= 11 is 0. The summed E-state index contributed by atoms with van der Waals surface area (Å²) in [7, 11) is 0. The Morgan fingerprint density at radius 1 is 0.237 bits per heavy atom. The zero-order valence-corrected chi connectivity index (χ0v) is 44.7. The summed E-state index contributed by atoms with van der Waals surface area (Å²) in [6.07, 6.45) is 0. The lowest BCUT2D eigenvalue weighted by molar-refractivity contribution is 0.597. The van der Waals surface area contributed by atoms with Gasteiger partial charge in [0.1, 0.15) is 0 Å². The molecule has 0 saturated heterocycles. The van der Waals surface area contributed by atoms with Crippen molar-refractivity contribution in [2.45, 2.75) is 77.0 Å². The van der Waals surface area contributed by atoms with E-state index in [1.807, 2.05) is 0 Å². The molecule has 0 saturated carbocycles. The van der Waals surface area contributed by atoms with Crippen LogP contribution in [0.3, 0.4) is 0 Å². The van der Waals surface area contributed by atoms with Crippen molar-refractivity contribution in [2.75, 3.05) is 9.80 Å². The molecule has 366 valence electrons. The highest BCUT2D eigenvalue weighted by Crippen LogP contribution is 2.63. The average Bonchev–Trinajstić information content (AvgIpc) is 3.46. The third-order valence-electron chi connectivity index (χ3n) is 18.6. The highest BCUT2D eigenvalue weighted by atomic mass is 15.2. The number of hydrogen-bond donors (Lipinski definition) is 0. The zero-order valence-electron chi connectivity index (χ0n) is 44.7. The Hall–Kier alpha value is -8.46. The van der Waals surface area contributed by atoms with Gasteiger partial charge in [-0.15, -0.1) is 0 Å². The Kier molecular flexibility index (Phi) is 9.21. The maximum atomic E-state index is 2.61. The predicted octanol–water partition coefficient (Wildman–Crippen LogP) is 20.2. The first kappa shape index (κ1) is 45.0. The first-order chi connectivity index (χ1) is 36.7. The van der Waals surface area contributed by atoms with E-state index in [0.29, 0.717) is 0 Å². The largest absolute Gasteiger partial charge is 0.309 e. The summed E-state index contributed by atoms with van der Waals surface area (Å²) < 4.78 is 0. The number of nitrogens with zero attached hydrogens (tertiary/aromatic N) is 2. The van der Waals surface area contributed by atoms with Gasteiger partial charge < -0.3 is 9.80 Å². The molecule has 2 heteroatoms. The Morgan fingerprint density at radius 2 is 0.539 bits per heavy atom. The summed E-state index contributed by atoms with van der Waals surface area (Å²) in [6, 6.07) is 83.1. The van der Waals surface area contributed by atoms with Crippen LogP contribution in [0.5, 0.6) is 0 Å². The van der Waals surface area contributed by atoms with Crippen molar-refractivity contribution in [3.05, 3.63) is 263 Å². The summed E-state index contributed by atoms with van der Waals surface area (Å²) in [5.74, 6) is 0. The number of rotatable bonds is 4. The minimum atomic E-state index is -0.321. The first-order valence-electron chi connectivity index (χ1n) is 27.2. The predicted molar refractivity (Wildman–Crippen MR) is 321 cm³/mol. The normalized spacial score (nSPS) is 16.3. The van der Waals surface area contributed by atoms with E-state index < -0.39 is 0 Å². The molecule has 0 spiro atoms. The molecule has 0 aliphatic carbocycles. The average molecular weight is 977 g/mol. The minimum absolute atomic E-state index is 0.198. The molecule has 4 heterocycles. The number of hydrogen-bond acceptors (Lipinski definition) is 2. The van der Waals surface area contributed by atoms with E-state index in [9.17, 15) is 0 Å². The van der Waals surface area contributed by atoms with Crippen LogP contribution >= 0.6 is 0 Å². The van der Waals surface area contributed by atoms with Gasteiger partial charge in [0.25, 0.3) is 0 Å². The molecule has 11 aromatic rings. The summed E-state index contributed by atoms with van der Waals surface area (Å²) in [6.45, 7) is 19.5. The molecule has 4 aliphatic heterocycles. The number of para-hydroxylation sites is 2. The summed E-state index contributed by atoms with van der Waals surface area (Å²) in [5.41, 5.74) is 27.5. The van der Waals surface area contributed by atoms with E-state index in [-0.39, 0.29) is 21.7 Å². The fraction of sp³-hybridized carbons (Fsp3) is 0.162. The molecule has 0 N–H and O–H groups in total. The molecule has 4 aliphatic rings. The fourth-order valence-electron chi connectivity index (χ4n) is 14.3. The van der Waals surface area contributed by atoms with Gasteiger partial charge in [-0.3, -0.25) is 0 Å². The Balaban J connectivity index is 0.906. The molecule has 0 fully saturated rings. The Bertz CT molecular complexity index is 4040. The maximum Gasteiger partial charge on any atom is 0.0544 e. The zero-order chi connectivity index (χ0) is 51.6. The monoisotopic (exact) mass is 976 g/mol. The van der Waals surface area contributed by atoms with E-state index in [1.54, 1.807) is 0 Å². The summed E-state index contributed by atoms with van der Waals surface area (Å²) in [4.78, 5) is 5.17. The van der Waals surface area contributed by atoms with E-state index >= 15 is 0 Å². The topological polar surface area (TPSA) is 6.48 Å². The third-order valence-corrected chi connectivity index (χ3v) is 18.6. The second kappa shape index (κ2) is 15.6. The van der Waals surface area contributed by atoms with Crippen LogP contribution in [0.2, 0.25) is 0 Å². The van der Waals surface area contributed by atoms with E-state index in [1.165, 1.54) is 145 Å². The number of anilines is 6. The van der Waals surface area contributed by atoms with Crippen LogP contribution < -0.4 is 9.80 Å². The smallest absolute Gasteiger partial charge is 0.0544 e. The number of fused-ring (bicyclic) bond motifs is 10. The fourth-order valence-corrected chi connectivity index (χ4v) is 14.3. The van der Waals surface area contributed by atoms with Crippen LogP contribution in [0.4, 0.5) is 34.1 Å². The standard InChI is InChI=1S/C74H60N2/c1-71(2)57-27-13-15-29-65(57)75-66-30-16-14-28-58(66)72(3,4)62-42-51(41-61(71)69(62)75)45-31-33-46(34-32-45)52-43-63-70-64(44-52)74(7,8)60-40-50(56-26-18-22-48-20-10-12-24-54(48)56)36-38-68(60)76(70)67-37-35-49(39-59(67)73(63,5)6)55-25-17-21-47-19-9-11-23-53(47)55/h9-44H,1-8H3. The van der Waals surface area contributed by atoms with Crippen LogP contribution in [0, 0.1) is 0 Å². The molecule has 0 radical (unpaired) electrons. The first-order valence-corrected chi connectivity index (χ1v) is 27.2. The van der Waals surface area contributed by atoms with Crippen molar-refractivity contribution >= 4 is 55.7 Å². The van der Waals surface area contributed by atoms with E-state index in [2.05, 4.69) is 284 Å². The Labute approximate surface area is 447 Å². The van der Waals surface area contributed by atoms with Crippen LogP contribution in [-0.2, 0) is 21.7 Å². The van der Waals surface area contributed by atoms with Gasteiger partial charge >= 0.3 is 0 Å². The third kappa shape index (κ3) is 6.10. The quantitative estimate of drug-likeness (QED) is 0.173. The molecule has 15 rings (SSSR count). The molecular weight excluding hydrogens is 917 g/mol. The molecule has 0 bridgehead atoms. The van der Waals surface area contributed by atoms with Crippen LogP contribution in [-0.4, -0.2) is 0 Å². The van der Waals surface area contributed by atoms with Crippen molar-refractivity contribution in [3.8, 4) is 44.5 Å². The van der Waals surface area contributed by atoms with Crippen molar-refractivity contribution < 1.29 is 0 Å². The van der Waals surface area contributed by atoms with Crippen LogP contribution in [0.1, 0.15) is 99.9 Å². The molecule has 0 unspecified atom stereocenters. The van der Waals surface area contributed by atoms with E-state index in [0.717, 1.165) is 0 Å². The lowest BCUT2D eigenvalue weighted by Crippen LogP contribution is -2.38. The molecule has 0 atom stereocenters. The SMILES string of the molecule is CC1(C)c2ccccc2N2c3ccccc3C(C)(C)c3cc(-c4ccc(-c5cc6c7c(c5)C(C)(C)c5cc(-c8cccc9ccccc89)ccc5N7c5ccc(-c7cccc8ccccc78)cc5C6(C)C)cc4)cc1c32. The van der Waals surface area contributed by atoms with Crippen LogP contribution in [0.25, 0.3) is 66.1 Å². The van der Waals surface area contributed by atoms with Crippen molar-refractivity contribution in [3.63, 3.8) is 0 Å². The lowest BCUT2D eigenvalue weighted by atomic mass is 9.65. The molecule has 0 aromatic heterocycles. The lowest BCUT2D eigenvalue weighted by Gasteiger charge is -2.50. The minimum Gasteiger partial charge on any atom is -0.309 e. The second-order valence-corrected chi connectivity index (χ2v) is 24.1. The van der Waals surface area contributed by atoms with Crippen molar-refractivity contribution in [1.29, 1.82) is 0 Å². The van der Waals surface area contributed by atoms with Gasteiger partial charge in [-0.1, -0.05) is 213 Å². The number of benzene rings is 11. The molecule has 2 nitrogen and oxygen atoms in total. The second-order valence-electron chi connectivity index (χ2n) is 24.1. The van der Waals surface area contributed by atoms with Crippen LogP contribution in [0.15, 0.2) is 218 Å². The molecule has 76 heavy (non-hydrogen) atoms. The molecule has 11 aromatic carbocycles. The Morgan fingerprint density at radius 3 is 0.947 bits per heavy atom. The van der Waals surface area contributed by atoms with Gasteiger partial charge in [0.05, 0.1) is 34.1 Å². The maximum absolute atomic E-state index is 2.61. The van der Waals surface area contributed by atoms with Gasteiger partial charge in [-0.05, 0) is 171 Å².